The summed E-state index contributed by atoms with van der Waals surface area (Å²) in [6.45, 7) is 2.27. The van der Waals surface area contributed by atoms with Gasteiger partial charge in [-0.3, -0.25) is 0 Å². The number of aryl methyl sites for hydroxylation is 1. The average Bonchev–Trinajstić information content (AvgIpc) is 3.24. The molecule has 0 saturated heterocycles. The molecule has 1 aliphatic rings. The molecule has 116 valence electrons. The van der Waals surface area contributed by atoms with Crippen LogP contribution in [0.1, 0.15) is 5.56 Å². The third-order valence-corrected chi connectivity index (χ3v) is 4.65. The highest BCUT2D eigenvalue weighted by atomic mass is 32.2. The van der Waals surface area contributed by atoms with Crippen molar-refractivity contribution in [2.75, 3.05) is 13.0 Å². The van der Waals surface area contributed by atoms with E-state index in [1.54, 1.807) is 18.0 Å². The topological polar surface area (TPSA) is 44.5 Å². The Kier molecular flexibility index (Phi) is 3.50. The first-order chi connectivity index (χ1) is 11.3. The Labute approximate surface area is 138 Å². The Morgan fingerprint density at radius 2 is 1.87 bits per heavy atom. The molecule has 0 atom stereocenters. The van der Waals surface area contributed by atoms with E-state index in [0.717, 1.165) is 39.4 Å². The molecule has 5 heteroatoms. The highest BCUT2D eigenvalue weighted by Gasteiger charge is 2.20. The summed E-state index contributed by atoms with van der Waals surface area (Å²) in [5.74, 6) is 1.56. The van der Waals surface area contributed by atoms with Crippen molar-refractivity contribution < 1.29 is 14.0 Å². The molecule has 1 aliphatic heterocycles. The van der Waals surface area contributed by atoms with Gasteiger partial charge in [-0.1, -0.05) is 17.3 Å². The van der Waals surface area contributed by atoms with Crippen molar-refractivity contribution >= 4 is 11.8 Å². The molecule has 2 aromatic carbocycles. The minimum atomic E-state index is 0.265. The van der Waals surface area contributed by atoms with E-state index in [2.05, 4.69) is 35.7 Å². The molecule has 0 spiro atoms. The monoisotopic (exact) mass is 325 g/mol. The molecular formula is C18H15NO3S. The predicted molar refractivity (Wildman–Crippen MR) is 90.0 cm³/mol. The first-order valence-electron chi connectivity index (χ1n) is 7.25. The van der Waals surface area contributed by atoms with Gasteiger partial charge >= 0.3 is 0 Å². The van der Waals surface area contributed by atoms with Crippen LogP contribution in [0.4, 0.5) is 0 Å². The van der Waals surface area contributed by atoms with Gasteiger partial charge in [0, 0.05) is 16.0 Å². The van der Waals surface area contributed by atoms with E-state index in [-0.39, 0.29) is 6.79 Å². The van der Waals surface area contributed by atoms with Crippen LogP contribution in [-0.4, -0.2) is 18.2 Å². The van der Waals surface area contributed by atoms with Gasteiger partial charge in [0.05, 0.1) is 0 Å². The average molecular weight is 325 g/mol. The van der Waals surface area contributed by atoms with E-state index < -0.39 is 0 Å². The minimum Gasteiger partial charge on any atom is -0.454 e. The van der Waals surface area contributed by atoms with Crippen LogP contribution in [0.15, 0.2) is 52.1 Å². The van der Waals surface area contributed by atoms with Crippen LogP contribution in [0.5, 0.6) is 11.5 Å². The second kappa shape index (κ2) is 5.66. The maximum Gasteiger partial charge on any atom is 0.231 e. The van der Waals surface area contributed by atoms with Gasteiger partial charge in [-0.05, 0) is 48.6 Å². The summed E-state index contributed by atoms with van der Waals surface area (Å²) in [4.78, 5) is 1.23. The molecule has 0 N–H and O–H groups in total. The molecule has 1 aromatic heterocycles. The molecule has 23 heavy (non-hydrogen) atoms. The van der Waals surface area contributed by atoms with Gasteiger partial charge in [0.2, 0.25) is 6.79 Å². The highest BCUT2D eigenvalue weighted by Crippen LogP contribution is 2.41. The van der Waals surface area contributed by atoms with Gasteiger partial charge in [0.1, 0.15) is 12.0 Å². The van der Waals surface area contributed by atoms with Crippen molar-refractivity contribution in [3.05, 3.63) is 48.2 Å². The largest absolute Gasteiger partial charge is 0.454 e. The summed E-state index contributed by atoms with van der Waals surface area (Å²) in [5, 5.41) is 4.20. The maximum absolute atomic E-state index is 5.51. The molecule has 0 radical (unpaired) electrons. The standard InChI is InChI=1S/C18H15NO3S/c1-11-7-13(8-16-18(11)21-10-20-16)17-15(9-22-19-17)12-3-5-14(23-2)6-4-12/h3-9H,10H2,1-2H3. The molecule has 0 saturated carbocycles. The molecule has 0 bridgehead atoms. The number of thioether (sulfide) groups is 1. The van der Waals surface area contributed by atoms with Gasteiger partial charge in [0.15, 0.2) is 11.5 Å². The Hall–Kier alpha value is -2.40. The Morgan fingerprint density at radius 1 is 1.04 bits per heavy atom. The maximum atomic E-state index is 5.51. The Bertz CT molecular complexity index is 855. The van der Waals surface area contributed by atoms with E-state index in [1.165, 1.54) is 4.90 Å². The summed E-state index contributed by atoms with van der Waals surface area (Å²) in [7, 11) is 0. The lowest BCUT2D eigenvalue weighted by molar-refractivity contribution is 0.173. The van der Waals surface area contributed by atoms with Crippen LogP contribution in [0.2, 0.25) is 0 Å². The third-order valence-electron chi connectivity index (χ3n) is 3.90. The van der Waals surface area contributed by atoms with Crippen LogP contribution in [0, 0.1) is 6.92 Å². The second-order valence-corrected chi connectivity index (χ2v) is 6.21. The van der Waals surface area contributed by atoms with E-state index in [0.29, 0.717) is 0 Å². The smallest absolute Gasteiger partial charge is 0.231 e. The van der Waals surface area contributed by atoms with Crippen molar-refractivity contribution in [3.63, 3.8) is 0 Å². The summed E-state index contributed by atoms with van der Waals surface area (Å²) in [5.41, 5.74) is 4.85. The first-order valence-corrected chi connectivity index (χ1v) is 8.48. The number of hydrogen-bond acceptors (Lipinski definition) is 5. The number of benzene rings is 2. The van der Waals surface area contributed by atoms with Crippen LogP contribution < -0.4 is 9.47 Å². The number of nitrogens with zero attached hydrogens (tertiary/aromatic N) is 1. The zero-order valence-electron chi connectivity index (χ0n) is 12.8. The minimum absolute atomic E-state index is 0.265. The highest BCUT2D eigenvalue weighted by molar-refractivity contribution is 7.98. The van der Waals surface area contributed by atoms with Crippen molar-refractivity contribution in [2.24, 2.45) is 0 Å². The van der Waals surface area contributed by atoms with Gasteiger partial charge in [0.25, 0.3) is 0 Å². The van der Waals surface area contributed by atoms with Gasteiger partial charge in [-0.2, -0.15) is 0 Å². The molecule has 2 heterocycles. The number of ether oxygens (including phenoxy) is 2. The lowest BCUT2D eigenvalue weighted by atomic mass is 10.00. The van der Waals surface area contributed by atoms with E-state index in [1.807, 2.05) is 19.1 Å². The normalized spacial score (nSPS) is 12.6. The quantitative estimate of drug-likeness (QED) is 0.649. The number of aromatic nitrogens is 1. The van der Waals surface area contributed by atoms with Crippen LogP contribution >= 0.6 is 11.8 Å². The lowest BCUT2D eigenvalue weighted by Crippen LogP contribution is -1.93. The molecule has 0 amide bonds. The molecular weight excluding hydrogens is 310 g/mol. The van der Waals surface area contributed by atoms with Crippen molar-refractivity contribution in [2.45, 2.75) is 11.8 Å². The molecule has 4 nitrogen and oxygen atoms in total. The summed E-state index contributed by atoms with van der Waals surface area (Å²) >= 11 is 1.72. The van der Waals surface area contributed by atoms with Crippen molar-refractivity contribution in [3.8, 4) is 33.9 Å². The fraction of sp³-hybridized carbons (Fsp3) is 0.167. The summed E-state index contributed by atoms with van der Waals surface area (Å²) in [6.07, 6.45) is 3.75. The van der Waals surface area contributed by atoms with Crippen LogP contribution in [0.25, 0.3) is 22.4 Å². The van der Waals surface area contributed by atoms with Gasteiger partial charge < -0.3 is 14.0 Å². The van der Waals surface area contributed by atoms with E-state index in [4.69, 9.17) is 14.0 Å². The van der Waals surface area contributed by atoms with Crippen LogP contribution in [-0.2, 0) is 0 Å². The molecule has 0 aliphatic carbocycles. The van der Waals surface area contributed by atoms with Crippen molar-refractivity contribution in [1.29, 1.82) is 0 Å². The van der Waals surface area contributed by atoms with Crippen molar-refractivity contribution in [1.82, 2.24) is 5.16 Å². The number of rotatable bonds is 3. The zero-order chi connectivity index (χ0) is 15.8. The summed E-state index contributed by atoms with van der Waals surface area (Å²) in [6, 6.07) is 12.4. The third kappa shape index (κ3) is 2.47. The van der Waals surface area contributed by atoms with E-state index in [9.17, 15) is 0 Å². The Morgan fingerprint density at radius 3 is 2.65 bits per heavy atom. The lowest BCUT2D eigenvalue weighted by Gasteiger charge is -2.06. The number of hydrogen-bond donors (Lipinski definition) is 0. The molecule has 3 aromatic rings. The molecule has 0 fully saturated rings. The predicted octanol–water partition coefficient (Wildman–Crippen LogP) is 4.77. The fourth-order valence-electron chi connectivity index (χ4n) is 2.74. The molecule has 4 rings (SSSR count). The first kappa shape index (κ1) is 14.2. The van der Waals surface area contributed by atoms with Gasteiger partial charge in [-0.15, -0.1) is 11.8 Å². The van der Waals surface area contributed by atoms with E-state index >= 15 is 0 Å². The Balaban J connectivity index is 1.79. The van der Waals surface area contributed by atoms with Gasteiger partial charge in [-0.25, -0.2) is 0 Å². The fourth-order valence-corrected chi connectivity index (χ4v) is 3.15. The SMILES string of the molecule is CSc1ccc(-c2conc2-c2cc(C)c3c(c2)OCO3)cc1. The zero-order valence-corrected chi connectivity index (χ0v) is 13.6. The number of fused-ring (bicyclic) bond motifs is 1. The summed E-state index contributed by atoms with van der Waals surface area (Å²) < 4.78 is 16.2. The second-order valence-electron chi connectivity index (χ2n) is 5.33. The van der Waals surface area contributed by atoms with Crippen LogP contribution in [0.3, 0.4) is 0 Å². The molecule has 0 unspecified atom stereocenters.